The number of aliphatic hydroxyl groups excluding tert-OH is 1. The Morgan fingerprint density at radius 2 is 1.66 bits per heavy atom. The van der Waals surface area contributed by atoms with E-state index in [0.717, 1.165) is 27.8 Å². The lowest BCUT2D eigenvalue weighted by molar-refractivity contribution is -0.123. The Labute approximate surface area is 185 Å². The average molecular weight is 432 g/mol. The fourth-order valence-electron chi connectivity index (χ4n) is 3.24. The van der Waals surface area contributed by atoms with Crippen LogP contribution in [0.5, 0.6) is 0 Å². The van der Waals surface area contributed by atoms with Gasteiger partial charge in [-0.1, -0.05) is 18.2 Å². The molecule has 0 unspecified atom stereocenters. The highest BCUT2D eigenvalue weighted by Gasteiger charge is 2.19. The van der Waals surface area contributed by atoms with Crippen molar-refractivity contribution in [2.24, 2.45) is 7.05 Å². The molecule has 32 heavy (non-hydrogen) atoms. The predicted octanol–water partition coefficient (Wildman–Crippen LogP) is 2.29. The highest BCUT2D eigenvalue weighted by Crippen LogP contribution is 2.25. The molecular weight excluding hydrogens is 406 g/mol. The normalized spacial score (nSPS) is 11.5. The molecule has 0 fully saturated rings. The highest BCUT2D eigenvalue weighted by molar-refractivity contribution is 5.76. The molecule has 4 aromatic rings. The summed E-state index contributed by atoms with van der Waals surface area (Å²) < 4.78 is 3.31. The predicted molar refractivity (Wildman–Crippen MR) is 120 cm³/mol. The van der Waals surface area contributed by atoms with Crippen LogP contribution < -0.4 is 5.32 Å². The van der Waals surface area contributed by atoms with Gasteiger partial charge in [-0.3, -0.25) is 14.2 Å². The van der Waals surface area contributed by atoms with Gasteiger partial charge in [0.25, 0.3) is 0 Å². The number of nitrogens with zero attached hydrogens (tertiary/aromatic N) is 6. The Morgan fingerprint density at radius 1 is 0.969 bits per heavy atom. The number of rotatable bonds is 7. The minimum absolute atomic E-state index is 0.0590. The van der Waals surface area contributed by atoms with Gasteiger partial charge in [-0.15, -0.1) is 0 Å². The monoisotopic (exact) mass is 431 g/mol. The Morgan fingerprint density at radius 3 is 2.34 bits per heavy atom. The number of nitrogens with one attached hydrogen (secondary N) is 1. The molecule has 0 radical (unpaired) electrons. The Hall–Kier alpha value is -3.85. The summed E-state index contributed by atoms with van der Waals surface area (Å²) in [6.07, 6.45) is 10.7. The minimum atomic E-state index is -0.676. The second kappa shape index (κ2) is 8.72. The van der Waals surface area contributed by atoms with Crippen molar-refractivity contribution in [2.45, 2.75) is 25.9 Å². The van der Waals surface area contributed by atoms with Gasteiger partial charge in [-0.2, -0.15) is 10.2 Å². The largest absolute Gasteiger partial charge is 0.394 e. The molecule has 1 amide bonds. The second-order valence-electron chi connectivity index (χ2n) is 8.30. The number of aliphatic hydroxyl groups is 1. The van der Waals surface area contributed by atoms with E-state index in [4.69, 9.17) is 0 Å². The topological polar surface area (TPSA) is 111 Å². The van der Waals surface area contributed by atoms with Crippen LogP contribution in [-0.2, 0) is 18.4 Å². The first-order valence-electron chi connectivity index (χ1n) is 10.2. The van der Waals surface area contributed by atoms with E-state index in [9.17, 15) is 9.90 Å². The van der Waals surface area contributed by atoms with E-state index in [1.165, 1.54) is 0 Å². The molecule has 164 valence electrons. The van der Waals surface area contributed by atoms with Gasteiger partial charge in [-0.05, 0) is 25.5 Å². The third-order valence-corrected chi connectivity index (χ3v) is 4.96. The van der Waals surface area contributed by atoms with Crippen LogP contribution in [0.15, 0.2) is 61.4 Å². The van der Waals surface area contributed by atoms with E-state index in [1.54, 1.807) is 48.0 Å². The number of aromatic nitrogens is 6. The zero-order valence-electron chi connectivity index (χ0n) is 18.2. The number of aryl methyl sites for hydroxylation is 1. The van der Waals surface area contributed by atoms with Crippen molar-refractivity contribution >= 4 is 5.91 Å². The van der Waals surface area contributed by atoms with E-state index in [1.807, 2.05) is 43.7 Å². The molecule has 4 rings (SSSR count). The molecule has 0 atom stereocenters. The molecular formula is C23H25N7O2. The summed E-state index contributed by atoms with van der Waals surface area (Å²) in [7, 11) is 1.89. The summed E-state index contributed by atoms with van der Waals surface area (Å²) in [4.78, 5) is 21.2. The van der Waals surface area contributed by atoms with Crippen molar-refractivity contribution in [3.05, 3.63) is 61.4 Å². The number of carbonyl (C=O) groups is 1. The minimum Gasteiger partial charge on any atom is -0.394 e. The van der Waals surface area contributed by atoms with E-state index >= 15 is 0 Å². The van der Waals surface area contributed by atoms with Crippen molar-refractivity contribution in [1.29, 1.82) is 0 Å². The molecule has 0 bridgehead atoms. The van der Waals surface area contributed by atoms with E-state index in [0.29, 0.717) is 5.82 Å². The number of amides is 1. The van der Waals surface area contributed by atoms with Gasteiger partial charge in [0, 0.05) is 54.1 Å². The molecule has 9 heteroatoms. The lowest BCUT2D eigenvalue weighted by atomic mass is 10.1. The molecule has 0 saturated heterocycles. The SMILES string of the molecule is Cn1cc(-c2cccc(-c3ncc(-c4cnn(CC(=O)NC(C)(C)CO)c4)cn3)c2)cn1. The Bertz CT molecular complexity index is 1230. The summed E-state index contributed by atoms with van der Waals surface area (Å²) in [5, 5.41) is 20.5. The molecule has 2 N–H and O–H groups in total. The summed E-state index contributed by atoms with van der Waals surface area (Å²) in [5.74, 6) is 0.399. The molecule has 0 aliphatic rings. The van der Waals surface area contributed by atoms with Gasteiger partial charge in [0.05, 0.1) is 24.5 Å². The van der Waals surface area contributed by atoms with E-state index in [2.05, 4.69) is 25.5 Å². The van der Waals surface area contributed by atoms with Crippen LogP contribution in [0.4, 0.5) is 0 Å². The van der Waals surface area contributed by atoms with Crippen LogP contribution in [0.2, 0.25) is 0 Å². The van der Waals surface area contributed by atoms with Crippen molar-refractivity contribution < 1.29 is 9.90 Å². The number of benzene rings is 1. The average Bonchev–Trinajstić information content (AvgIpc) is 3.43. The first-order valence-corrected chi connectivity index (χ1v) is 10.2. The second-order valence-corrected chi connectivity index (χ2v) is 8.30. The molecule has 0 aliphatic carbocycles. The molecule has 3 aromatic heterocycles. The van der Waals surface area contributed by atoms with Crippen LogP contribution in [0.3, 0.4) is 0 Å². The molecule has 9 nitrogen and oxygen atoms in total. The van der Waals surface area contributed by atoms with Gasteiger partial charge in [-0.25, -0.2) is 9.97 Å². The maximum Gasteiger partial charge on any atom is 0.242 e. The lowest BCUT2D eigenvalue weighted by Crippen LogP contribution is -2.47. The van der Waals surface area contributed by atoms with Crippen LogP contribution >= 0.6 is 0 Å². The maximum absolute atomic E-state index is 12.2. The molecule has 3 heterocycles. The van der Waals surface area contributed by atoms with E-state index < -0.39 is 5.54 Å². The van der Waals surface area contributed by atoms with Crippen molar-refractivity contribution in [2.75, 3.05) is 6.61 Å². The van der Waals surface area contributed by atoms with Crippen molar-refractivity contribution in [3.63, 3.8) is 0 Å². The Balaban J connectivity index is 1.47. The zero-order valence-corrected chi connectivity index (χ0v) is 18.2. The quantitative estimate of drug-likeness (QED) is 0.465. The smallest absolute Gasteiger partial charge is 0.242 e. The molecule has 0 aliphatic heterocycles. The standard InChI is InChI=1S/C23H25N7O2/c1-23(2,15-31)28-21(32)14-30-13-20(11-27-30)18-8-24-22(25-9-18)17-6-4-5-16(7-17)19-10-26-29(3)12-19/h4-13,31H,14-15H2,1-3H3,(H,28,32). The fraction of sp³-hybridized carbons (Fsp3) is 0.261. The van der Waals surface area contributed by atoms with Gasteiger partial charge >= 0.3 is 0 Å². The fourth-order valence-corrected chi connectivity index (χ4v) is 3.24. The van der Waals surface area contributed by atoms with Crippen molar-refractivity contribution in [3.8, 4) is 33.6 Å². The molecule has 0 spiro atoms. The summed E-state index contributed by atoms with van der Waals surface area (Å²) in [5.41, 5.74) is 3.94. The molecule has 1 aromatic carbocycles. The first-order chi connectivity index (χ1) is 15.3. The summed E-state index contributed by atoms with van der Waals surface area (Å²) in [6, 6.07) is 8.01. The highest BCUT2D eigenvalue weighted by atomic mass is 16.3. The number of hydrogen-bond donors (Lipinski definition) is 2. The van der Waals surface area contributed by atoms with Crippen LogP contribution in [0.25, 0.3) is 33.6 Å². The first kappa shape index (κ1) is 21.4. The van der Waals surface area contributed by atoms with Gasteiger partial charge in [0.2, 0.25) is 5.91 Å². The van der Waals surface area contributed by atoms with Gasteiger partial charge in [0.1, 0.15) is 6.54 Å². The van der Waals surface area contributed by atoms with Gasteiger partial charge in [0.15, 0.2) is 5.82 Å². The van der Waals surface area contributed by atoms with E-state index in [-0.39, 0.29) is 19.1 Å². The Kier molecular flexibility index (Phi) is 5.83. The maximum atomic E-state index is 12.2. The number of hydrogen-bond acceptors (Lipinski definition) is 6. The van der Waals surface area contributed by atoms with Crippen molar-refractivity contribution in [1.82, 2.24) is 34.8 Å². The third-order valence-electron chi connectivity index (χ3n) is 4.96. The van der Waals surface area contributed by atoms with Crippen LogP contribution in [0.1, 0.15) is 13.8 Å². The third kappa shape index (κ3) is 4.89. The van der Waals surface area contributed by atoms with Crippen LogP contribution in [-0.4, -0.2) is 52.7 Å². The summed E-state index contributed by atoms with van der Waals surface area (Å²) in [6.45, 7) is 3.43. The van der Waals surface area contributed by atoms with Gasteiger partial charge < -0.3 is 10.4 Å². The number of carbonyl (C=O) groups excluding carboxylic acids is 1. The lowest BCUT2D eigenvalue weighted by Gasteiger charge is -2.23. The zero-order chi connectivity index (χ0) is 22.7. The summed E-state index contributed by atoms with van der Waals surface area (Å²) >= 11 is 0. The molecule has 0 saturated carbocycles. The van der Waals surface area contributed by atoms with Crippen LogP contribution in [0, 0.1) is 0 Å².